The summed E-state index contributed by atoms with van der Waals surface area (Å²) in [5.41, 5.74) is 3.10. The first-order chi connectivity index (χ1) is 15.7. The minimum atomic E-state index is -4.10. The van der Waals surface area contributed by atoms with Crippen LogP contribution in [0.4, 0.5) is 5.69 Å². The molecule has 1 amide bonds. The topological polar surface area (TPSA) is 88.1 Å². The number of hydrogen-bond acceptors (Lipinski definition) is 5. The van der Waals surface area contributed by atoms with Gasteiger partial charge in [-0.2, -0.15) is 5.10 Å². The van der Waals surface area contributed by atoms with Crippen LogP contribution in [0.15, 0.2) is 81.2 Å². The SMILES string of the molecule is COc1ccc(Br)cc1/C=N/NC(=O)CN(c1cc(Cl)cc(Cl)c1)S(=O)(=O)c1ccccc1. The number of amides is 1. The largest absolute Gasteiger partial charge is 0.496 e. The lowest BCUT2D eigenvalue weighted by atomic mass is 10.2. The van der Waals surface area contributed by atoms with Crippen LogP contribution in [0.25, 0.3) is 0 Å². The third kappa shape index (κ3) is 6.48. The summed E-state index contributed by atoms with van der Waals surface area (Å²) in [6, 6.07) is 17.3. The highest BCUT2D eigenvalue weighted by Crippen LogP contribution is 2.29. The van der Waals surface area contributed by atoms with E-state index in [0.717, 1.165) is 8.78 Å². The van der Waals surface area contributed by atoms with Crippen LogP contribution in [0.5, 0.6) is 5.75 Å². The molecular formula is C22H18BrCl2N3O4S. The highest BCUT2D eigenvalue weighted by Gasteiger charge is 2.27. The molecule has 0 saturated heterocycles. The zero-order valence-corrected chi connectivity index (χ0v) is 21.1. The quantitative estimate of drug-likeness (QED) is 0.301. The number of hydrazone groups is 1. The first-order valence-electron chi connectivity index (χ1n) is 9.40. The molecule has 0 fully saturated rings. The number of carbonyl (C=O) groups excluding carboxylic acids is 1. The van der Waals surface area contributed by atoms with Crippen molar-refractivity contribution in [2.45, 2.75) is 4.90 Å². The van der Waals surface area contributed by atoms with Crippen LogP contribution >= 0.6 is 39.1 Å². The second-order valence-corrected chi connectivity index (χ2v) is 10.3. The molecule has 33 heavy (non-hydrogen) atoms. The molecule has 0 unspecified atom stereocenters. The van der Waals surface area contributed by atoms with E-state index in [1.165, 1.54) is 43.7 Å². The highest BCUT2D eigenvalue weighted by molar-refractivity contribution is 9.10. The van der Waals surface area contributed by atoms with Crippen LogP contribution in [0.1, 0.15) is 5.56 Å². The van der Waals surface area contributed by atoms with Crippen LogP contribution in [0, 0.1) is 0 Å². The van der Waals surface area contributed by atoms with Crippen molar-refractivity contribution in [3.05, 3.63) is 86.8 Å². The fourth-order valence-corrected chi connectivity index (χ4v) is 5.18. The molecule has 0 spiro atoms. The van der Waals surface area contributed by atoms with E-state index in [1.807, 2.05) is 0 Å². The molecule has 0 radical (unpaired) electrons. The van der Waals surface area contributed by atoms with Gasteiger partial charge in [-0.1, -0.05) is 57.3 Å². The van der Waals surface area contributed by atoms with E-state index < -0.39 is 22.5 Å². The monoisotopic (exact) mass is 569 g/mol. The van der Waals surface area contributed by atoms with E-state index in [4.69, 9.17) is 27.9 Å². The van der Waals surface area contributed by atoms with Crippen molar-refractivity contribution in [2.24, 2.45) is 5.10 Å². The molecule has 3 aromatic carbocycles. The Labute approximate surface area is 210 Å². The number of benzene rings is 3. The van der Waals surface area contributed by atoms with Crippen molar-refractivity contribution in [1.29, 1.82) is 0 Å². The van der Waals surface area contributed by atoms with Gasteiger partial charge in [-0.3, -0.25) is 9.10 Å². The van der Waals surface area contributed by atoms with Crippen molar-refractivity contribution in [1.82, 2.24) is 5.43 Å². The Morgan fingerprint density at radius 2 is 1.76 bits per heavy atom. The van der Waals surface area contributed by atoms with Gasteiger partial charge in [-0.05, 0) is 48.5 Å². The van der Waals surface area contributed by atoms with Gasteiger partial charge in [0.05, 0.1) is 23.9 Å². The molecule has 172 valence electrons. The number of anilines is 1. The van der Waals surface area contributed by atoms with Gasteiger partial charge in [0.15, 0.2) is 0 Å². The lowest BCUT2D eigenvalue weighted by Gasteiger charge is -2.24. The number of nitrogens with one attached hydrogen (secondary N) is 1. The van der Waals surface area contributed by atoms with Crippen molar-refractivity contribution < 1.29 is 17.9 Å². The molecule has 0 aliphatic heterocycles. The van der Waals surface area contributed by atoms with Crippen molar-refractivity contribution in [3.63, 3.8) is 0 Å². The summed E-state index contributed by atoms with van der Waals surface area (Å²) in [5.74, 6) is -0.117. The molecular weight excluding hydrogens is 553 g/mol. The fourth-order valence-electron chi connectivity index (χ4n) is 2.86. The van der Waals surface area contributed by atoms with Crippen LogP contribution < -0.4 is 14.5 Å². The molecule has 0 bridgehead atoms. The van der Waals surface area contributed by atoms with Crippen LogP contribution in [-0.4, -0.2) is 34.2 Å². The number of sulfonamides is 1. The molecule has 1 N–H and O–H groups in total. The summed E-state index contributed by atoms with van der Waals surface area (Å²) in [5, 5.41) is 4.38. The van der Waals surface area contributed by atoms with Gasteiger partial charge < -0.3 is 4.74 Å². The fraction of sp³-hybridized carbons (Fsp3) is 0.0909. The molecule has 11 heteroatoms. The smallest absolute Gasteiger partial charge is 0.264 e. The predicted octanol–water partition coefficient (Wildman–Crippen LogP) is 5.11. The summed E-state index contributed by atoms with van der Waals surface area (Å²) >= 11 is 15.5. The van der Waals surface area contributed by atoms with Gasteiger partial charge >= 0.3 is 0 Å². The van der Waals surface area contributed by atoms with Crippen LogP contribution in [-0.2, 0) is 14.8 Å². The molecule has 3 aromatic rings. The summed E-state index contributed by atoms with van der Waals surface area (Å²) < 4.78 is 33.6. The van der Waals surface area contributed by atoms with E-state index >= 15 is 0 Å². The Morgan fingerprint density at radius 1 is 1.09 bits per heavy atom. The average molecular weight is 571 g/mol. The van der Waals surface area contributed by atoms with Gasteiger partial charge in [0.25, 0.3) is 15.9 Å². The first kappa shape index (κ1) is 25.0. The summed E-state index contributed by atoms with van der Waals surface area (Å²) in [6.07, 6.45) is 1.40. The minimum Gasteiger partial charge on any atom is -0.496 e. The van der Waals surface area contributed by atoms with E-state index in [9.17, 15) is 13.2 Å². The maximum atomic E-state index is 13.3. The molecule has 3 rings (SSSR count). The number of methoxy groups -OCH3 is 1. The summed E-state index contributed by atoms with van der Waals surface area (Å²) in [7, 11) is -2.58. The summed E-state index contributed by atoms with van der Waals surface area (Å²) in [4.78, 5) is 12.7. The van der Waals surface area contributed by atoms with E-state index in [1.54, 1.807) is 36.4 Å². The number of carbonyl (C=O) groups is 1. The van der Waals surface area contributed by atoms with Crippen LogP contribution in [0.2, 0.25) is 10.0 Å². The Morgan fingerprint density at radius 3 is 2.39 bits per heavy atom. The molecule has 0 aromatic heterocycles. The van der Waals surface area contributed by atoms with Crippen molar-refractivity contribution in [2.75, 3.05) is 18.0 Å². The standard InChI is InChI=1S/C22H18BrCl2N3O4S/c1-32-21-8-7-16(23)9-15(21)13-26-27-22(29)14-28(19-11-17(24)10-18(25)12-19)33(30,31)20-5-3-2-4-6-20/h2-13H,14H2,1H3,(H,27,29)/b26-13+. The number of nitrogens with zero attached hydrogens (tertiary/aromatic N) is 2. The molecule has 0 atom stereocenters. The normalized spacial score (nSPS) is 11.4. The second kappa shape index (κ2) is 11.0. The molecule has 0 aliphatic rings. The Kier molecular flexibility index (Phi) is 8.36. The third-order valence-corrected chi connectivity index (χ3v) is 7.06. The first-order valence-corrected chi connectivity index (χ1v) is 12.4. The Hall–Kier alpha value is -2.59. The average Bonchev–Trinajstić information content (AvgIpc) is 2.77. The maximum Gasteiger partial charge on any atom is 0.264 e. The molecule has 0 aliphatic carbocycles. The van der Waals surface area contributed by atoms with E-state index in [-0.39, 0.29) is 20.6 Å². The van der Waals surface area contributed by atoms with Gasteiger partial charge in [0.2, 0.25) is 0 Å². The molecule has 0 heterocycles. The van der Waals surface area contributed by atoms with Crippen molar-refractivity contribution >= 4 is 67.0 Å². The minimum absolute atomic E-state index is 0.0104. The van der Waals surface area contributed by atoms with E-state index in [2.05, 4.69) is 26.5 Å². The number of ether oxygens (including phenoxy) is 1. The summed E-state index contributed by atoms with van der Waals surface area (Å²) in [6.45, 7) is -0.555. The number of hydrogen-bond donors (Lipinski definition) is 1. The Bertz CT molecular complexity index is 1270. The van der Waals surface area contributed by atoms with Crippen molar-refractivity contribution in [3.8, 4) is 5.75 Å². The van der Waals surface area contributed by atoms with Gasteiger partial charge in [0, 0.05) is 20.1 Å². The number of halogens is 3. The molecule has 0 saturated carbocycles. The second-order valence-electron chi connectivity index (χ2n) is 6.63. The van der Waals surface area contributed by atoms with Gasteiger partial charge in [-0.25, -0.2) is 13.8 Å². The van der Waals surface area contributed by atoms with Gasteiger partial charge in [-0.15, -0.1) is 0 Å². The zero-order valence-electron chi connectivity index (χ0n) is 17.2. The Balaban J connectivity index is 1.87. The van der Waals surface area contributed by atoms with Gasteiger partial charge in [0.1, 0.15) is 12.3 Å². The van der Waals surface area contributed by atoms with Crippen LogP contribution in [0.3, 0.4) is 0 Å². The lowest BCUT2D eigenvalue weighted by molar-refractivity contribution is -0.119. The molecule has 7 nitrogen and oxygen atoms in total. The zero-order chi connectivity index (χ0) is 24.0. The maximum absolute atomic E-state index is 13.3. The number of rotatable bonds is 8. The predicted molar refractivity (Wildman–Crippen MR) is 134 cm³/mol. The van der Waals surface area contributed by atoms with E-state index in [0.29, 0.717) is 11.3 Å². The highest BCUT2D eigenvalue weighted by atomic mass is 79.9. The third-order valence-electron chi connectivity index (χ3n) is 4.34. The lowest BCUT2D eigenvalue weighted by Crippen LogP contribution is -2.39.